The van der Waals surface area contributed by atoms with Crippen LogP contribution in [0.25, 0.3) is 83.6 Å². The molecule has 2 heterocycles. The molecule has 0 spiro atoms. The van der Waals surface area contributed by atoms with E-state index in [9.17, 15) is 0 Å². The zero-order chi connectivity index (χ0) is 31.2. The molecule has 4 heteroatoms. The van der Waals surface area contributed by atoms with Crippen LogP contribution >= 0.6 is 0 Å². The Morgan fingerprint density at radius 3 is 1.36 bits per heavy atom. The van der Waals surface area contributed by atoms with Crippen molar-refractivity contribution >= 4 is 32.6 Å². The number of nitrogens with zero attached hydrogens (tertiary/aromatic N) is 4. The average Bonchev–Trinajstić information content (AvgIpc) is 3.49. The van der Waals surface area contributed by atoms with E-state index in [-0.39, 0.29) is 0 Å². The van der Waals surface area contributed by atoms with E-state index in [0.717, 1.165) is 27.7 Å². The Morgan fingerprint density at radius 1 is 0.340 bits per heavy atom. The first kappa shape index (κ1) is 27.0. The number of hydrogen-bond donors (Lipinski definition) is 0. The van der Waals surface area contributed by atoms with E-state index in [2.05, 4.69) is 144 Å². The molecule has 47 heavy (non-hydrogen) atoms. The van der Waals surface area contributed by atoms with Crippen LogP contribution in [0.3, 0.4) is 0 Å². The molecule has 0 aliphatic carbocycles. The third-order valence-electron chi connectivity index (χ3n) is 8.88. The fourth-order valence-corrected chi connectivity index (χ4v) is 6.69. The molecule has 0 radical (unpaired) electrons. The second-order valence-electron chi connectivity index (χ2n) is 11.7. The monoisotopic (exact) mass is 600 g/mol. The first-order valence-electron chi connectivity index (χ1n) is 15.8. The van der Waals surface area contributed by atoms with E-state index < -0.39 is 0 Å². The Balaban J connectivity index is 1.21. The van der Waals surface area contributed by atoms with Crippen LogP contribution in [-0.4, -0.2) is 19.5 Å². The molecule has 4 nitrogen and oxygen atoms in total. The molecule has 0 fully saturated rings. The molecule has 0 aliphatic rings. The highest BCUT2D eigenvalue weighted by Gasteiger charge is 2.18. The smallest absolute Gasteiger partial charge is 0.238 e. The third kappa shape index (κ3) is 4.66. The van der Waals surface area contributed by atoms with Crippen molar-refractivity contribution in [2.45, 2.75) is 0 Å². The van der Waals surface area contributed by atoms with Crippen LogP contribution < -0.4 is 0 Å². The molecule has 0 saturated carbocycles. The molecule has 7 aromatic carbocycles. The Labute approximate surface area is 272 Å². The van der Waals surface area contributed by atoms with Crippen molar-refractivity contribution < 1.29 is 0 Å². The van der Waals surface area contributed by atoms with Gasteiger partial charge in [-0.15, -0.1) is 0 Å². The maximum atomic E-state index is 5.12. The van der Waals surface area contributed by atoms with Gasteiger partial charge in [-0.05, 0) is 45.2 Å². The summed E-state index contributed by atoms with van der Waals surface area (Å²) in [6.45, 7) is 0. The molecule has 2 aromatic heterocycles. The van der Waals surface area contributed by atoms with Crippen LogP contribution in [0.5, 0.6) is 0 Å². The molecular formula is C43H28N4. The largest absolute Gasteiger partial charge is 0.278 e. The molecule has 0 amide bonds. The summed E-state index contributed by atoms with van der Waals surface area (Å²) in [5, 5.41) is 4.80. The van der Waals surface area contributed by atoms with E-state index in [1.807, 2.05) is 30.3 Å². The lowest BCUT2D eigenvalue weighted by Gasteiger charge is -2.13. The molecule has 9 aromatic rings. The third-order valence-corrected chi connectivity index (χ3v) is 8.88. The molecule has 0 bridgehead atoms. The standard InChI is InChI=1S/C43H28N4/c1-3-13-29(14-4-1)34-21-11-17-31-18-12-22-35(40(31)34)30-25-27-33(28-26-30)42-44-41(32-15-5-2-6-16-32)45-43(46-42)47-38-23-9-7-19-36(38)37-20-8-10-24-39(37)47/h1-28H. The van der Waals surface area contributed by atoms with Gasteiger partial charge in [-0.1, -0.05) is 158 Å². The van der Waals surface area contributed by atoms with E-state index in [1.165, 1.54) is 38.2 Å². The lowest BCUT2D eigenvalue weighted by atomic mass is 9.91. The SMILES string of the molecule is c1ccc(-c2nc(-c3ccc(-c4cccc5cccc(-c6ccccc6)c45)cc3)nc(-n3c4ccccc4c4ccccc43)n2)cc1. The van der Waals surface area contributed by atoms with Crippen molar-refractivity contribution in [2.24, 2.45) is 0 Å². The van der Waals surface area contributed by atoms with Gasteiger partial charge in [0.15, 0.2) is 11.6 Å². The van der Waals surface area contributed by atoms with E-state index in [0.29, 0.717) is 17.6 Å². The fraction of sp³-hybridized carbons (Fsp3) is 0. The average molecular weight is 601 g/mol. The summed E-state index contributed by atoms with van der Waals surface area (Å²) in [6.07, 6.45) is 0. The van der Waals surface area contributed by atoms with Crippen LogP contribution in [0.4, 0.5) is 0 Å². The van der Waals surface area contributed by atoms with E-state index in [1.54, 1.807) is 0 Å². The van der Waals surface area contributed by atoms with Gasteiger partial charge in [-0.3, -0.25) is 4.57 Å². The summed E-state index contributed by atoms with van der Waals surface area (Å²) in [5.74, 6) is 1.86. The van der Waals surface area contributed by atoms with Crippen LogP contribution in [0.15, 0.2) is 170 Å². The Hall–Kier alpha value is -6.39. The minimum Gasteiger partial charge on any atom is -0.278 e. The Bertz CT molecular complexity index is 2490. The van der Waals surface area contributed by atoms with Crippen molar-refractivity contribution in [3.05, 3.63) is 170 Å². The van der Waals surface area contributed by atoms with Crippen molar-refractivity contribution in [3.63, 3.8) is 0 Å². The van der Waals surface area contributed by atoms with Gasteiger partial charge in [-0.2, -0.15) is 9.97 Å². The van der Waals surface area contributed by atoms with Crippen molar-refractivity contribution in [2.75, 3.05) is 0 Å². The highest BCUT2D eigenvalue weighted by atomic mass is 15.2. The molecule has 0 N–H and O–H groups in total. The quantitative estimate of drug-likeness (QED) is 0.197. The lowest BCUT2D eigenvalue weighted by molar-refractivity contribution is 0.953. The normalized spacial score (nSPS) is 11.4. The Kier molecular flexibility index (Phi) is 6.43. The molecule has 9 rings (SSSR count). The minimum absolute atomic E-state index is 0.594. The Morgan fingerprint density at radius 2 is 0.787 bits per heavy atom. The molecule has 220 valence electrons. The van der Waals surface area contributed by atoms with E-state index in [4.69, 9.17) is 15.0 Å². The summed E-state index contributed by atoms with van der Waals surface area (Å²) < 4.78 is 2.15. The summed E-state index contributed by atoms with van der Waals surface area (Å²) in [6, 6.07) is 59.2. The van der Waals surface area contributed by atoms with Gasteiger partial charge in [0.1, 0.15) is 0 Å². The second kappa shape index (κ2) is 11.2. The molecule has 0 unspecified atom stereocenters. The number of fused-ring (bicyclic) bond motifs is 4. The topological polar surface area (TPSA) is 43.6 Å². The summed E-state index contributed by atoms with van der Waals surface area (Å²) >= 11 is 0. The fourth-order valence-electron chi connectivity index (χ4n) is 6.69. The second-order valence-corrected chi connectivity index (χ2v) is 11.7. The van der Waals surface area contributed by atoms with Gasteiger partial charge in [0, 0.05) is 21.9 Å². The van der Waals surface area contributed by atoms with Gasteiger partial charge in [0.2, 0.25) is 5.95 Å². The number of rotatable bonds is 5. The molecule has 0 saturated heterocycles. The maximum Gasteiger partial charge on any atom is 0.238 e. The first-order valence-corrected chi connectivity index (χ1v) is 15.8. The van der Waals surface area contributed by atoms with Crippen LogP contribution in [0.1, 0.15) is 0 Å². The summed E-state index contributed by atoms with van der Waals surface area (Å²) in [5.41, 5.74) is 8.76. The minimum atomic E-state index is 0.594. The van der Waals surface area contributed by atoms with Crippen molar-refractivity contribution in [1.29, 1.82) is 0 Å². The van der Waals surface area contributed by atoms with Gasteiger partial charge >= 0.3 is 0 Å². The van der Waals surface area contributed by atoms with Gasteiger partial charge in [0.25, 0.3) is 0 Å². The van der Waals surface area contributed by atoms with Crippen LogP contribution in [-0.2, 0) is 0 Å². The van der Waals surface area contributed by atoms with Gasteiger partial charge < -0.3 is 0 Å². The number of benzene rings is 7. The van der Waals surface area contributed by atoms with Crippen LogP contribution in [0, 0.1) is 0 Å². The summed E-state index contributed by atoms with van der Waals surface area (Å²) in [4.78, 5) is 15.2. The predicted octanol–water partition coefficient (Wildman–Crippen LogP) is 10.8. The zero-order valence-corrected chi connectivity index (χ0v) is 25.5. The van der Waals surface area contributed by atoms with Crippen molar-refractivity contribution in [1.82, 2.24) is 19.5 Å². The van der Waals surface area contributed by atoms with E-state index >= 15 is 0 Å². The molecular weight excluding hydrogens is 573 g/mol. The van der Waals surface area contributed by atoms with Crippen LogP contribution in [0.2, 0.25) is 0 Å². The molecule has 0 aliphatic heterocycles. The number of hydrogen-bond acceptors (Lipinski definition) is 3. The van der Waals surface area contributed by atoms with Gasteiger partial charge in [-0.25, -0.2) is 4.98 Å². The highest BCUT2D eigenvalue weighted by Crippen LogP contribution is 2.37. The van der Waals surface area contributed by atoms with Gasteiger partial charge in [0.05, 0.1) is 11.0 Å². The highest BCUT2D eigenvalue weighted by molar-refractivity contribution is 6.09. The molecule has 0 atom stereocenters. The summed E-state index contributed by atoms with van der Waals surface area (Å²) in [7, 11) is 0. The first-order chi connectivity index (χ1) is 23.3. The predicted molar refractivity (Wildman–Crippen MR) is 193 cm³/mol. The number of para-hydroxylation sites is 2. The lowest BCUT2D eigenvalue weighted by Crippen LogP contribution is -2.06. The zero-order valence-electron chi connectivity index (χ0n) is 25.5. The van der Waals surface area contributed by atoms with Crippen molar-refractivity contribution in [3.8, 4) is 51.0 Å². The maximum absolute atomic E-state index is 5.12. The number of aromatic nitrogens is 4.